The number of hydrogen-bond acceptors (Lipinski definition) is 6. The Kier molecular flexibility index (Phi) is 6.05. The van der Waals surface area contributed by atoms with E-state index < -0.39 is 12.1 Å². The lowest BCUT2D eigenvalue weighted by Gasteiger charge is -2.28. The predicted octanol–water partition coefficient (Wildman–Crippen LogP) is 4.12. The zero-order chi connectivity index (χ0) is 18.4. The van der Waals surface area contributed by atoms with Crippen molar-refractivity contribution in [1.82, 2.24) is 5.32 Å². The third-order valence-corrected chi connectivity index (χ3v) is 4.01. The van der Waals surface area contributed by atoms with Gasteiger partial charge in [0, 0.05) is 10.7 Å². The van der Waals surface area contributed by atoms with Gasteiger partial charge >= 0.3 is 6.16 Å². The first kappa shape index (κ1) is 18.4. The van der Waals surface area contributed by atoms with Crippen molar-refractivity contribution >= 4 is 17.8 Å². The second kappa shape index (κ2) is 8.23. The van der Waals surface area contributed by atoms with Crippen LogP contribution in [0, 0.1) is 22.7 Å². The molecule has 0 radical (unpaired) electrons. The molecule has 1 N–H and O–H groups in total. The van der Waals surface area contributed by atoms with Crippen LogP contribution in [0.3, 0.4) is 0 Å². The molecule has 6 nitrogen and oxygen atoms in total. The summed E-state index contributed by atoms with van der Waals surface area (Å²) in [6, 6.07) is 11.1. The van der Waals surface area contributed by atoms with Crippen LogP contribution in [-0.4, -0.2) is 12.8 Å². The van der Waals surface area contributed by atoms with Crippen LogP contribution in [0.5, 0.6) is 0 Å². The minimum atomic E-state index is -0.930. The summed E-state index contributed by atoms with van der Waals surface area (Å²) < 4.78 is 10.2. The maximum Gasteiger partial charge on any atom is 0.513 e. The number of hydrogen-bond donors (Lipinski definition) is 1. The molecule has 0 fully saturated rings. The highest BCUT2D eigenvalue weighted by Gasteiger charge is 2.33. The fourth-order valence-corrected chi connectivity index (χ4v) is 2.81. The van der Waals surface area contributed by atoms with Gasteiger partial charge in [-0.2, -0.15) is 10.5 Å². The van der Waals surface area contributed by atoms with Gasteiger partial charge in [0.05, 0.1) is 35.7 Å². The molecule has 0 aromatic heterocycles. The van der Waals surface area contributed by atoms with Crippen molar-refractivity contribution in [1.29, 1.82) is 10.5 Å². The number of carbonyl (C=O) groups excluding carboxylic acids is 1. The fraction of sp³-hybridized carbons (Fsp3) is 0.278. The predicted molar refractivity (Wildman–Crippen MR) is 91.0 cm³/mol. The van der Waals surface area contributed by atoms with Gasteiger partial charge < -0.3 is 14.8 Å². The van der Waals surface area contributed by atoms with Crippen molar-refractivity contribution in [3.63, 3.8) is 0 Å². The Morgan fingerprint density at radius 2 is 2.00 bits per heavy atom. The highest BCUT2D eigenvalue weighted by Crippen LogP contribution is 2.40. The molecule has 1 aromatic carbocycles. The van der Waals surface area contributed by atoms with E-state index >= 15 is 0 Å². The number of nitriles is 2. The zero-order valence-corrected chi connectivity index (χ0v) is 14.6. The van der Waals surface area contributed by atoms with Crippen LogP contribution < -0.4 is 5.32 Å². The third-order valence-electron chi connectivity index (χ3n) is 3.66. The van der Waals surface area contributed by atoms with Crippen LogP contribution in [-0.2, 0) is 9.47 Å². The molecule has 0 saturated heterocycles. The molecule has 2 rings (SSSR count). The van der Waals surface area contributed by atoms with Gasteiger partial charge in [0.1, 0.15) is 12.4 Å². The van der Waals surface area contributed by atoms with Gasteiger partial charge in [-0.15, -0.1) is 0 Å². The van der Waals surface area contributed by atoms with Crippen LogP contribution in [0.1, 0.15) is 31.7 Å². The molecule has 1 heterocycles. The Balaban J connectivity index is 2.40. The summed E-state index contributed by atoms with van der Waals surface area (Å²) >= 11 is 6.30. The first-order chi connectivity index (χ1) is 12.0. The SMILES string of the molecule is CC1=C(C#N)C(c2ccccc2Cl)C(OC(=O)OCCC#N)=C(C)N1. The Bertz CT molecular complexity index is 831. The lowest BCUT2D eigenvalue weighted by Crippen LogP contribution is -2.27. The normalized spacial score (nSPS) is 16.6. The smallest absolute Gasteiger partial charge is 0.433 e. The molecule has 0 saturated carbocycles. The Morgan fingerprint density at radius 1 is 1.28 bits per heavy atom. The largest absolute Gasteiger partial charge is 0.513 e. The number of ether oxygens (including phenoxy) is 2. The first-order valence-corrected chi connectivity index (χ1v) is 7.92. The standard InChI is InChI=1S/C18H16ClN3O3/c1-11-14(10-21)16(13-6-3-4-7-15(13)19)17(12(2)22-11)25-18(23)24-9-5-8-20/h3-4,6-7,16,22H,5,9H2,1-2H3. The van der Waals surface area contributed by atoms with Crippen LogP contribution >= 0.6 is 11.6 Å². The van der Waals surface area contributed by atoms with Gasteiger partial charge in [0.2, 0.25) is 0 Å². The van der Waals surface area contributed by atoms with Crippen LogP contribution in [0.4, 0.5) is 4.79 Å². The second-order valence-electron chi connectivity index (χ2n) is 5.33. The molecule has 1 aliphatic heterocycles. The molecule has 1 aliphatic rings. The molecule has 1 atom stereocenters. The average molecular weight is 358 g/mol. The van der Waals surface area contributed by atoms with Crippen LogP contribution in [0.15, 0.2) is 47.0 Å². The van der Waals surface area contributed by atoms with Crippen molar-refractivity contribution in [2.45, 2.75) is 26.2 Å². The van der Waals surface area contributed by atoms with E-state index in [1.807, 2.05) is 6.07 Å². The van der Waals surface area contributed by atoms with Gasteiger partial charge in [-0.1, -0.05) is 29.8 Å². The second-order valence-corrected chi connectivity index (χ2v) is 5.74. The quantitative estimate of drug-likeness (QED) is 0.643. The van der Waals surface area contributed by atoms with Crippen molar-refractivity contribution in [2.24, 2.45) is 0 Å². The van der Waals surface area contributed by atoms with Gasteiger partial charge in [-0.05, 0) is 25.5 Å². The number of dihydropyridines is 1. The van der Waals surface area contributed by atoms with Gasteiger partial charge in [-0.25, -0.2) is 4.79 Å². The summed E-state index contributed by atoms with van der Waals surface area (Å²) in [6.07, 6.45) is -0.859. The average Bonchev–Trinajstić information content (AvgIpc) is 2.58. The number of allylic oxidation sites excluding steroid dienone is 3. The van der Waals surface area contributed by atoms with E-state index in [0.29, 0.717) is 27.6 Å². The van der Waals surface area contributed by atoms with Gasteiger partial charge in [0.25, 0.3) is 0 Å². The lowest BCUT2D eigenvalue weighted by molar-refractivity contribution is 0.0746. The van der Waals surface area contributed by atoms with E-state index in [0.717, 1.165) is 0 Å². The summed E-state index contributed by atoms with van der Waals surface area (Å²) in [4.78, 5) is 11.9. The Morgan fingerprint density at radius 3 is 2.64 bits per heavy atom. The molecular weight excluding hydrogens is 342 g/mol. The topological polar surface area (TPSA) is 95.1 Å². The van der Waals surface area contributed by atoms with Gasteiger partial charge in [0.15, 0.2) is 0 Å². The van der Waals surface area contributed by atoms with E-state index in [9.17, 15) is 10.1 Å². The number of halogens is 1. The molecule has 0 amide bonds. The number of carbonyl (C=O) groups is 1. The highest BCUT2D eigenvalue weighted by atomic mass is 35.5. The summed E-state index contributed by atoms with van der Waals surface area (Å²) in [5.74, 6) is -0.374. The molecule has 25 heavy (non-hydrogen) atoms. The molecule has 1 unspecified atom stereocenters. The van der Waals surface area contributed by atoms with Crippen molar-refractivity contribution in [3.8, 4) is 12.1 Å². The van der Waals surface area contributed by atoms with Crippen molar-refractivity contribution in [2.75, 3.05) is 6.61 Å². The minimum Gasteiger partial charge on any atom is -0.433 e. The maximum absolute atomic E-state index is 11.9. The van der Waals surface area contributed by atoms with Crippen molar-refractivity contribution < 1.29 is 14.3 Å². The van der Waals surface area contributed by atoms with E-state index in [-0.39, 0.29) is 18.8 Å². The monoisotopic (exact) mass is 357 g/mol. The number of rotatable bonds is 4. The highest BCUT2D eigenvalue weighted by molar-refractivity contribution is 6.31. The first-order valence-electron chi connectivity index (χ1n) is 7.54. The molecule has 128 valence electrons. The fourth-order valence-electron chi connectivity index (χ4n) is 2.56. The Labute approximate surface area is 150 Å². The molecule has 1 aromatic rings. The Hall–Kier alpha value is -2.96. The van der Waals surface area contributed by atoms with E-state index in [2.05, 4.69) is 11.4 Å². The molecule has 7 heteroatoms. The van der Waals surface area contributed by atoms with Crippen molar-refractivity contribution in [3.05, 3.63) is 57.6 Å². The third kappa shape index (κ3) is 4.12. The number of nitrogens with zero attached hydrogens (tertiary/aromatic N) is 2. The van der Waals surface area contributed by atoms with Gasteiger partial charge in [-0.3, -0.25) is 0 Å². The maximum atomic E-state index is 11.9. The minimum absolute atomic E-state index is 0.0637. The van der Waals surface area contributed by atoms with Crippen LogP contribution in [0.25, 0.3) is 0 Å². The zero-order valence-electron chi connectivity index (χ0n) is 13.8. The molecule has 0 aliphatic carbocycles. The number of benzene rings is 1. The summed E-state index contributed by atoms with van der Waals surface area (Å²) in [7, 11) is 0. The van der Waals surface area contributed by atoms with Crippen LogP contribution in [0.2, 0.25) is 5.02 Å². The van der Waals surface area contributed by atoms with E-state index in [4.69, 9.17) is 26.3 Å². The lowest BCUT2D eigenvalue weighted by atomic mass is 9.86. The van der Waals surface area contributed by atoms with E-state index in [1.54, 1.807) is 38.1 Å². The molecule has 0 spiro atoms. The molecular formula is C18H16ClN3O3. The number of nitrogens with one attached hydrogen (secondary N) is 1. The summed E-state index contributed by atoms with van der Waals surface area (Å²) in [5, 5.41) is 21.6. The summed E-state index contributed by atoms with van der Waals surface area (Å²) in [6.45, 7) is 3.44. The summed E-state index contributed by atoms with van der Waals surface area (Å²) in [5.41, 5.74) is 2.30. The molecule has 0 bridgehead atoms. The van der Waals surface area contributed by atoms with E-state index in [1.165, 1.54) is 0 Å².